The highest BCUT2D eigenvalue weighted by atomic mass is 16.5. The van der Waals surface area contributed by atoms with E-state index in [-0.39, 0.29) is 6.04 Å². The Kier molecular flexibility index (Phi) is 5.85. The largest absolute Gasteiger partial charge is 0.493 e. The predicted molar refractivity (Wildman–Crippen MR) is 82.9 cm³/mol. The van der Waals surface area contributed by atoms with E-state index in [2.05, 4.69) is 4.90 Å². The van der Waals surface area contributed by atoms with Gasteiger partial charge in [-0.25, -0.2) is 0 Å². The van der Waals surface area contributed by atoms with Gasteiger partial charge in [0.05, 0.1) is 20.8 Å². The van der Waals surface area contributed by atoms with Crippen LogP contribution in [-0.4, -0.2) is 52.0 Å². The Morgan fingerprint density at radius 3 is 2.48 bits per heavy atom. The van der Waals surface area contributed by atoms with Crippen molar-refractivity contribution in [2.24, 2.45) is 5.73 Å². The van der Waals surface area contributed by atoms with Gasteiger partial charge in [-0.05, 0) is 30.5 Å². The molecule has 0 aromatic heterocycles. The lowest BCUT2D eigenvalue weighted by Crippen LogP contribution is -2.36. The summed E-state index contributed by atoms with van der Waals surface area (Å²) in [6, 6.07) is 6.51. The van der Waals surface area contributed by atoms with Gasteiger partial charge in [0.1, 0.15) is 0 Å². The molecule has 0 aliphatic heterocycles. The van der Waals surface area contributed by atoms with Crippen molar-refractivity contribution in [2.75, 3.05) is 41.0 Å². The monoisotopic (exact) mass is 294 g/mol. The average molecular weight is 294 g/mol. The summed E-state index contributed by atoms with van der Waals surface area (Å²) in [5.41, 5.74) is 7.43. The zero-order valence-corrected chi connectivity index (χ0v) is 13.2. The van der Waals surface area contributed by atoms with Crippen LogP contribution < -0.4 is 15.2 Å². The van der Waals surface area contributed by atoms with E-state index in [1.807, 2.05) is 18.2 Å². The molecule has 0 bridgehead atoms. The fourth-order valence-electron chi connectivity index (χ4n) is 2.51. The minimum atomic E-state index is -0.0396. The molecule has 2 rings (SSSR count). The minimum absolute atomic E-state index is 0.0396. The summed E-state index contributed by atoms with van der Waals surface area (Å²) >= 11 is 0. The molecule has 1 aliphatic carbocycles. The lowest BCUT2D eigenvalue weighted by atomic mass is 10.1. The third kappa shape index (κ3) is 4.33. The topological polar surface area (TPSA) is 57.0 Å². The molecule has 1 saturated carbocycles. The van der Waals surface area contributed by atoms with Gasteiger partial charge in [0.25, 0.3) is 0 Å². The van der Waals surface area contributed by atoms with E-state index in [1.54, 1.807) is 21.3 Å². The molecule has 1 atom stereocenters. The summed E-state index contributed by atoms with van der Waals surface area (Å²) in [5.74, 6) is 1.45. The number of ether oxygens (including phenoxy) is 3. The zero-order chi connectivity index (χ0) is 15.2. The van der Waals surface area contributed by atoms with Crippen LogP contribution in [0.5, 0.6) is 11.5 Å². The minimum Gasteiger partial charge on any atom is -0.493 e. The van der Waals surface area contributed by atoms with Gasteiger partial charge >= 0.3 is 0 Å². The lowest BCUT2D eigenvalue weighted by Gasteiger charge is -2.25. The van der Waals surface area contributed by atoms with Crippen molar-refractivity contribution in [3.8, 4) is 11.5 Å². The smallest absolute Gasteiger partial charge is 0.161 e. The second-order valence-corrected chi connectivity index (χ2v) is 5.44. The first-order valence-corrected chi connectivity index (χ1v) is 7.40. The number of hydrogen-bond acceptors (Lipinski definition) is 5. The maximum atomic E-state index is 6.37. The average Bonchev–Trinajstić information content (AvgIpc) is 3.35. The van der Waals surface area contributed by atoms with Crippen LogP contribution in [-0.2, 0) is 4.74 Å². The standard InChI is InChI=1S/C16H26N2O3/c1-19-9-8-18(13-5-6-13)11-14(17)12-4-7-15(20-2)16(10-12)21-3/h4,7,10,13-14H,5-6,8-9,11,17H2,1-3H3. The number of nitrogens with zero attached hydrogens (tertiary/aromatic N) is 1. The highest BCUT2D eigenvalue weighted by molar-refractivity contribution is 5.43. The van der Waals surface area contributed by atoms with Gasteiger partial charge in [0.15, 0.2) is 11.5 Å². The van der Waals surface area contributed by atoms with Crippen LogP contribution in [0.3, 0.4) is 0 Å². The molecule has 0 saturated heterocycles. The molecule has 21 heavy (non-hydrogen) atoms. The van der Waals surface area contributed by atoms with Crippen LogP contribution in [0, 0.1) is 0 Å². The Hall–Kier alpha value is -1.30. The number of benzene rings is 1. The van der Waals surface area contributed by atoms with Crippen LogP contribution in [0.25, 0.3) is 0 Å². The maximum Gasteiger partial charge on any atom is 0.161 e. The summed E-state index contributed by atoms with van der Waals surface area (Å²) in [6.45, 7) is 2.51. The highest BCUT2D eigenvalue weighted by Crippen LogP contribution is 2.31. The molecule has 1 aliphatic rings. The fraction of sp³-hybridized carbons (Fsp3) is 0.625. The number of rotatable bonds is 9. The maximum absolute atomic E-state index is 6.37. The third-order valence-corrected chi connectivity index (χ3v) is 3.91. The first kappa shape index (κ1) is 16.1. The fourth-order valence-corrected chi connectivity index (χ4v) is 2.51. The molecule has 1 aromatic carbocycles. The molecular weight excluding hydrogens is 268 g/mol. The van der Waals surface area contributed by atoms with E-state index < -0.39 is 0 Å². The van der Waals surface area contributed by atoms with E-state index in [9.17, 15) is 0 Å². The lowest BCUT2D eigenvalue weighted by molar-refractivity contribution is 0.139. The molecule has 5 nitrogen and oxygen atoms in total. The van der Waals surface area contributed by atoms with Gasteiger partial charge in [-0.1, -0.05) is 6.07 Å². The number of nitrogens with two attached hydrogens (primary N) is 1. The van der Waals surface area contributed by atoms with Crippen LogP contribution >= 0.6 is 0 Å². The highest BCUT2D eigenvalue weighted by Gasteiger charge is 2.29. The normalized spacial score (nSPS) is 16.0. The second-order valence-electron chi connectivity index (χ2n) is 5.44. The summed E-state index contributed by atoms with van der Waals surface area (Å²) in [4.78, 5) is 2.42. The Morgan fingerprint density at radius 1 is 1.19 bits per heavy atom. The van der Waals surface area contributed by atoms with Gasteiger partial charge in [-0.3, -0.25) is 4.90 Å². The Labute approximate surface area is 127 Å². The number of methoxy groups -OCH3 is 3. The molecule has 1 aromatic rings. The first-order chi connectivity index (χ1) is 10.2. The van der Waals surface area contributed by atoms with Gasteiger partial charge in [-0.15, -0.1) is 0 Å². The van der Waals surface area contributed by atoms with Crippen LogP contribution in [0.2, 0.25) is 0 Å². The Bertz CT molecular complexity index is 449. The van der Waals surface area contributed by atoms with Crippen LogP contribution in [0.1, 0.15) is 24.4 Å². The van der Waals surface area contributed by atoms with E-state index in [4.69, 9.17) is 19.9 Å². The first-order valence-electron chi connectivity index (χ1n) is 7.40. The van der Waals surface area contributed by atoms with E-state index in [0.717, 1.165) is 36.8 Å². The summed E-state index contributed by atoms with van der Waals surface area (Å²) in [7, 11) is 5.01. The SMILES string of the molecule is COCCN(CC(N)c1ccc(OC)c(OC)c1)C1CC1. The molecule has 0 amide bonds. The summed E-state index contributed by atoms with van der Waals surface area (Å²) in [5, 5.41) is 0. The Morgan fingerprint density at radius 2 is 1.90 bits per heavy atom. The van der Waals surface area contributed by atoms with Gasteiger partial charge in [-0.2, -0.15) is 0 Å². The predicted octanol–water partition coefficient (Wildman–Crippen LogP) is 1.81. The summed E-state index contributed by atoms with van der Waals surface area (Å²) in [6.07, 6.45) is 2.53. The molecule has 0 spiro atoms. The van der Waals surface area contributed by atoms with Gasteiger partial charge < -0.3 is 19.9 Å². The molecular formula is C16H26N2O3. The second kappa shape index (κ2) is 7.64. The molecule has 2 N–H and O–H groups in total. The molecule has 118 valence electrons. The summed E-state index contributed by atoms with van der Waals surface area (Å²) < 4.78 is 15.8. The van der Waals surface area contributed by atoms with Crippen molar-refractivity contribution < 1.29 is 14.2 Å². The molecule has 0 radical (unpaired) electrons. The third-order valence-electron chi connectivity index (χ3n) is 3.91. The molecule has 5 heteroatoms. The van der Waals surface area contributed by atoms with Crippen molar-refractivity contribution in [1.29, 1.82) is 0 Å². The molecule has 0 heterocycles. The van der Waals surface area contributed by atoms with Crippen molar-refractivity contribution in [2.45, 2.75) is 24.9 Å². The van der Waals surface area contributed by atoms with E-state index in [0.29, 0.717) is 6.04 Å². The zero-order valence-electron chi connectivity index (χ0n) is 13.2. The van der Waals surface area contributed by atoms with Crippen molar-refractivity contribution in [3.63, 3.8) is 0 Å². The molecule has 1 unspecified atom stereocenters. The number of hydrogen-bond donors (Lipinski definition) is 1. The van der Waals surface area contributed by atoms with Crippen molar-refractivity contribution in [3.05, 3.63) is 23.8 Å². The van der Waals surface area contributed by atoms with Crippen molar-refractivity contribution in [1.82, 2.24) is 4.90 Å². The van der Waals surface area contributed by atoms with E-state index >= 15 is 0 Å². The van der Waals surface area contributed by atoms with Gasteiger partial charge in [0.2, 0.25) is 0 Å². The quantitative estimate of drug-likeness (QED) is 0.753. The van der Waals surface area contributed by atoms with E-state index in [1.165, 1.54) is 12.8 Å². The van der Waals surface area contributed by atoms with Crippen molar-refractivity contribution >= 4 is 0 Å². The van der Waals surface area contributed by atoms with Crippen LogP contribution in [0.4, 0.5) is 0 Å². The van der Waals surface area contributed by atoms with Gasteiger partial charge in [0, 0.05) is 32.3 Å². The van der Waals surface area contributed by atoms with Crippen LogP contribution in [0.15, 0.2) is 18.2 Å². The molecule has 1 fully saturated rings. The Balaban J connectivity index is 2.02.